The van der Waals surface area contributed by atoms with Gasteiger partial charge in [-0.05, 0) is 87.0 Å². The number of benzene rings is 1. The molecule has 30 nitrogen and oxygen atoms in total. The van der Waals surface area contributed by atoms with E-state index in [1.54, 1.807) is 85.7 Å². The van der Waals surface area contributed by atoms with Gasteiger partial charge in [0.25, 0.3) is 5.91 Å². The number of hydrogen-bond donors (Lipinski definition) is 12. The second kappa shape index (κ2) is 36.4. The number of aliphatic hydroxyl groups excluding tert-OH is 1. The quantitative estimate of drug-likeness (QED) is 0.0597. The molecule has 17 unspecified atom stereocenters. The topological polar surface area (TPSA) is 432 Å². The maximum Gasteiger partial charge on any atom is 0.272 e. The van der Waals surface area contributed by atoms with Crippen molar-refractivity contribution in [3.63, 3.8) is 0 Å². The SMILES string of the molecule is CCC(C)C(NC(=O)C(C)NC(=O)C(CC(N)=O)NC(=O)C(NC(=O)C1CCCN1C(=O)C1=CNC(C(C)CC)C(=O)NC(C(C)CC)C(=O)NC(Cc2ccccc2)C(=O)N2CCCC2C(=O)N2CC(O)CC2C(=O)N2CCCC2C(=O)NC(CC(C)C)C(=O)N1)C(C)CC)C(N)=O. The Morgan fingerprint density at radius 1 is 0.586 bits per heavy atom. The highest BCUT2D eigenvalue weighted by atomic mass is 16.3. The molecule has 1 aromatic rings. The Morgan fingerprint density at radius 3 is 1.77 bits per heavy atom. The van der Waals surface area contributed by atoms with Gasteiger partial charge in [-0.2, -0.15) is 0 Å². The van der Waals surface area contributed by atoms with E-state index in [1.807, 2.05) is 13.8 Å². The van der Waals surface area contributed by atoms with Gasteiger partial charge in [0, 0.05) is 45.2 Å². The summed E-state index contributed by atoms with van der Waals surface area (Å²) in [5.41, 5.74) is 11.3. The summed E-state index contributed by atoms with van der Waals surface area (Å²) in [7, 11) is 0. The van der Waals surface area contributed by atoms with Crippen LogP contribution in [-0.2, 0) is 73.5 Å². The minimum Gasteiger partial charge on any atom is -0.391 e. The van der Waals surface area contributed by atoms with Crippen molar-refractivity contribution in [2.24, 2.45) is 41.1 Å². The molecule has 14 amide bonds. The predicted octanol–water partition coefficient (Wildman–Crippen LogP) is -0.902. The Bertz CT molecular complexity index is 3150. The molecule has 99 heavy (non-hydrogen) atoms. The summed E-state index contributed by atoms with van der Waals surface area (Å²) < 4.78 is 0. The van der Waals surface area contributed by atoms with Crippen LogP contribution in [0.5, 0.6) is 0 Å². The van der Waals surface area contributed by atoms with E-state index in [0.717, 1.165) is 6.20 Å². The number of primary amides is 2. The highest BCUT2D eigenvalue weighted by molar-refractivity contribution is 6.04. The zero-order valence-electron chi connectivity index (χ0n) is 59.2. The van der Waals surface area contributed by atoms with Gasteiger partial charge < -0.3 is 84.0 Å². The number of nitrogens with two attached hydrogens (primary N) is 2. The van der Waals surface area contributed by atoms with E-state index in [9.17, 15) is 53.1 Å². The van der Waals surface area contributed by atoms with Crippen LogP contribution >= 0.6 is 0 Å². The van der Waals surface area contributed by atoms with Crippen molar-refractivity contribution in [2.45, 2.75) is 245 Å². The number of amides is 14. The second-order valence-electron chi connectivity index (χ2n) is 27.9. The summed E-state index contributed by atoms with van der Waals surface area (Å²) in [5.74, 6) is -13.4. The fourth-order valence-corrected chi connectivity index (χ4v) is 13.4. The van der Waals surface area contributed by atoms with Crippen molar-refractivity contribution >= 4 is 82.7 Å². The molecule has 4 fully saturated rings. The minimum atomic E-state index is -1.66. The van der Waals surface area contributed by atoms with Gasteiger partial charge in [-0.1, -0.05) is 125 Å². The van der Waals surface area contributed by atoms with Gasteiger partial charge >= 0.3 is 0 Å². The van der Waals surface area contributed by atoms with E-state index in [4.69, 9.17) is 11.5 Å². The summed E-state index contributed by atoms with van der Waals surface area (Å²) in [5, 5.41) is 35.8. The molecular formula is C69H107N15O15. The number of likely N-dealkylation sites (tertiary alicyclic amines) is 1. The molecule has 0 bridgehead atoms. The highest BCUT2D eigenvalue weighted by Crippen LogP contribution is 2.31. The Balaban J connectivity index is 1.38. The first-order valence-corrected chi connectivity index (χ1v) is 35.3. The van der Waals surface area contributed by atoms with Gasteiger partial charge in [0.2, 0.25) is 76.8 Å². The lowest BCUT2D eigenvalue weighted by Crippen LogP contribution is -2.61. The van der Waals surface area contributed by atoms with E-state index in [-0.39, 0.29) is 89.4 Å². The fraction of sp³-hybridized carbons (Fsp3) is 0.681. The molecule has 0 radical (unpaired) electrons. The summed E-state index contributed by atoms with van der Waals surface area (Å²) in [6, 6.07) is -6.41. The van der Waals surface area contributed by atoms with E-state index in [0.29, 0.717) is 37.7 Å². The van der Waals surface area contributed by atoms with Crippen molar-refractivity contribution in [1.29, 1.82) is 0 Å². The normalized spacial score (nSPS) is 26.2. The zero-order chi connectivity index (χ0) is 73.3. The molecule has 0 aromatic heterocycles. The summed E-state index contributed by atoms with van der Waals surface area (Å²) >= 11 is 0. The number of fused-ring (bicyclic) bond motifs is 3. The fourth-order valence-electron chi connectivity index (χ4n) is 13.4. The van der Waals surface area contributed by atoms with E-state index >= 15 is 19.2 Å². The van der Waals surface area contributed by atoms with Crippen molar-refractivity contribution in [1.82, 2.24) is 67.5 Å². The largest absolute Gasteiger partial charge is 0.391 e. The lowest BCUT2D eigenvalue weighted by Gasteiger charge is -2.35. The summed E-state index contributed by atoms with van der Waals surface area (Å²) in [6.07, 6.45) is 2.07. The van der Waals surface area contributed by atoms with Gasteiger partial charge in [-0.25, -0.2) is 0 Å². The maximum absolute atomic E-state index is 15.4. The first-order valence-electron chi connectivity index (χ1n) is 35.3. The third kappa shape index (κ3) is 20.5. The Morgan fingerprint density at radius 2 is 1.16 bits per heavy atom. The standard InChI is InChI=1S/C69H107N15O15/c1-12-37(7)53(57(71)87)78-58(88)41(11)73-59(89)45(33-52(70)86)75-64(94)55(39(9)14-3)79-62(92)49-25-19-27-81(49)67(97)47-34-72-54(38(8)13-2)63(93)80-56(40(10)15-4)65(95)76-46(31-42-22-17-16-18-23-42)66(96)83-29-21-26-50(83)68(98)84-35-43(85)32-51(84)69(99)82-28-20-24-48(82)61(91)74-44(30-36(5)6)60(90)77-47/h16-18,22-23,34,36-41,43-46,48-51,53-56,72,85H,12-15,19-21,24-33,35H2,1-11H3,(H2,70,86)(H2,71,87)(H,73,89)(H,74,91)(H,75,94)(H,76,95)(H,77,90)(H,78,88)(H,79,92)(H,80,93). The number of carbonyl (C=O) groups excluding carboxylic acids is 14. The molecule has 17 atom stereocenters. The molecule has 5 aliphatic heterocycles. The molecule has 0 aliphatic carbocycles. The average molecular weight is 1390 g/mol. The molecule has 5 heterocycles. The van der Waals surface area contributed by atoms with Crippen LogP contribution in [0.15, 0.2) is 42.2 Å². The molecular weight excluding hydrogens is 1280 g/mol. The van der Waals surface area contributed by atoms with Crippen molar-refractivity contribution in [3.8, 4) is 0 Å². The van der Waals surface area contributed by atoms with Crippen LogP contribution in [0.3, 0.4) is 0 Å². The maximum atomic E-state index is 15.4. The Labute approximate surface area is 579 Å². The molecule has 0 spiro atoms. The van der Waals surface area contributed by atoms with E-state index in [1.165, 1.54) is 26.5 Å². The van der Waals surface area contributed by atoms with Crippen LogP contribution in [0.2, 0.25) is 0 Å². The lowest BCUT2D eigenvalue weighted by molar-refractivity contribution is -0.151. The second-order valence-corrected chi connectivity index (χ2v) is 27.9. The first kappa shape index (κ1) is 79.3. The number of aliphatic hydroxyl groups is 1. The van der Waals surface area contributed by atoms with Gasteiger partial charge in [0.1, 0.15) is 78.2 Å². The molecule has 1 aromatic carbocycles. The Kier molecular flexibility index (Phi) is 29.2. The first-order chi connectivity index (χ1) is 46.8. The monoisotopic (exact) mass is 1390 g/mol. The van der Waals surface area contributed by atoms with Crippen molar-refractivity contribution < 1.29 is 72.2 Å². The third-order valence-corrected chi connectivity index (χ3v) is 20.1. The summed E-state index contributed by atoms with van der Waals surface area (Å²) in [6.45, 7) is 18.9. The molecule has 14 N–H and O–H groups in total. The van der Waals surface area contributed by atoms with Crippen LogP contribution in [-0.4, -0.2) is 212 Å². The van der Waals surface area contributed by atoms with E-state index in [2.05, 4.69) is 47.9 Å². The van der Waals surface area contributed by atoms with Crippen LogP contribution in [0.25, 0.3) is 0 Å². The smallest absolute Gasteiger partial charge is 0.272 e. The van der Waals surface area contributed by atoms with Gasteiger partial charge in [-0.15, -0.1) is 0 Å². The van der Waals surface area contributed by atoms with Crippen LogP contribution < -0.4 is 59.3 Å². The van der Waals surface area contributed by atoms with Gasteiger partial charge in [-0.3, -0.25) is 67.1 Å². The molecule has 548 valence electrons. The summed E-state index contributed by atoms with van der Waals surface area (Å²) in [4.78, 5) is 206. The van der Waals surface area contributed by atoms with Crippen molar-refractivity contribution in [2.75, 3.05) is 26.2 Å². The highest BCUT2D eigenvalue weighted by Gasteiger charge is 2.50. The van der Waals surface area contributed by atoms with Crippen molar-refractivity contribution in [3.05, 3.63) is 47.8 Å². The minimum absolute atomic E-state index is 0.00387. The van der Waals surface area contributed by atoms with Gasteiger partial charge in [0.15, 0.2) is 0 Å². The lowest BCUT2D eigenvalue weighted by atomic mass is 9.94. The number of carbonyl (C=O) groups is 14. The molecule has 5 aliphatic rings. The molecule has 30 heteroatoms. The number of hydrogen-bond acceptors (Lipinski definition) is 16. The molecule has 0 saturated carbocycles. The van der Waals surface area contributed by atoms with Crippen LogP contribution in [0, 0.1) is 29.6 Å². The average Bonchev–Trinajstić information content (AvgIpc) is 1.67. The zero-order valence-corrected chi connectivity index (χ0v) is 59.2. The predicted molar refractivity (Wildman–Crippen MR) is 363 cm³/mol. The molecule has 4 saturated heterocycles. The van der Waals surface area contributed by atoms with Gasteiger partial charge in [0.05, 0.1) is 12.5 Å². The number of nitrogens with zero attached hydrogens (tertiary/aromatic N) is 4. The van der Waals surface area contributed by atoms with Crippen LogP contribution in [0.4, 0.5) is 0 Å². The molecule has 6 rings (SSSR count). The Hall–Kier alpha value is -8.70. The number of rotatable bonds is 24. The van der Waals surface area contributed by atoms with E-state index < -0.39 is 191 Å². The number of nitrogens with one attached hydrogen (secondary N) is 9. The van der Waals surface area contributed by atoms with Crippen LogP contribution in [0.1, 0.15) is 165 Å². The third-order valence-electron chi connectivity index (χ3n) is 20.1.